The summed E-state index contributed by atoms with van der Waals surface area (Å²) in [5.41, 5.74) is 3.79. The molecule has 1 unspecified atom stereocenters. The summed E-state index contributed by atoms with van der Waals surface area (Å²) in [7, 11) is 0. The van der Waals surface area contributed by atoms with Gasteiger partial charge in [0.05, 0.1) is 26.8 Å². The molecular weight excluding hydrogens is 360 g/mol. The van der Waals surface area contributed by atoms with E-state index in [1.54, 1.807) is 18.2 Å². The van der Waals surface area contributed by atoms with Gasteiger partial charge in [0, 0.05) is 11.1 Å². The van der Waals surface area contributed by atoms with Gasteiger partial charge in [0.1, 0.15) is 0 Å². The van der Waals surface area contributed by atoms with Gasteiger partial charge in [0.25, 0.3) is 0 Å². The van der Waals surface area contributed by atoms with Crippen LogP contribution >= 0.6 is 11.8 Å². The highest BCUT2D eigenvalue weighted by atomic mass is 32.2. The molecule has 3 N–H and O–H groups in total. The quantitative estimate of drug-likeness (QED) is 0.471. The molecular formula is C20H18N4O2S. The molecule has 0 saturated carbocycles. The number of H-pyrrole nitrogens is 2. The molecule has 2 aromatic heterocycles. The fraction of sp³-hybridized carbons (Fsp3) is 0.150. The maximum Gasteiger partial charge on any atom is 0.323 e. The number of carbonyl (C=O) groups is 1. The van der Waals surface area contributed by atoms with Crippen LogP contribution in [0.4, 0.5) is 5.69 Å². The van der Waals surface area contributed by atoms with Gasteiger partial charge in [-0.05, 0) is 49.7 Å². The van der Waals surface area contributed by atoms with Crippen LogP contribution in [0.2, 0.25) is 0 Å². The van der Waals surface area contributed by atoms with Crippen molar-refractivity contribution in [3.8, 4) is 0 Å². The summed E-state index contributed by atoms with van der Waals surface area (Å²) >= 11 is 1.42. The Morgan fingerprint density at radius 1 is 1.11 bits per heavy atom. The van der Waals surface area contributed by atoms with Crippen molar-refractivity contribution in [2.75, 3.05) is 5.32 Å². The van der Waals surface area contributed by atoms with Crippen molar-refractivity contribution in [2.24, 2.45) is 0 Å². The fourth-order valence-corrected chi connectivity index (χ4v) is 3.89. The number of carbonyl (C=O) groups excluding carboxylic acids is 1. The molecule has 1 amide bonds. The van der Waals surface area contributed by atoms with Crippen LogP contribution in [0, 0.1) is 6.92 Å². The highest BCUT2D eigenvalue weighted by Crippen LogP contribution is 2.27. The summed E-state index contributed by atoms with van der Waals surface area (Å²) in [4.78, 5) is 33.9. The maximum absolute atomic E-state index is 12.6. The van der Waals surface area contributed by atoms with Crippen molar-refractivity contribution in [3.63, 3.8) is 0 Å². The molecule has 0 spiro atoms. The molecule has 0 saturated heterocycles. The number of nitrogens with zero attached hydrogens (tertiary/aromatic N) is 1. The van der Waals surface area contributed by atoms with Gasteiger partial charge in [-0.1, -0.05) is 30.0 Å². The molecule has 4 aromatic rings. The third kappa shape index (κ3) is 3.59. The molecule has 0 aliphatic carbocycles. The van der Waals surface area contributed by atoms with Crippen molar-refractivity contribution < 1.29 is 4.79 Å². The van der Waals surface area contributed by atoms with Gasteiger partial charge in [0.2, 0.25) is 5.91 Å². The summed E-state index contributed by atoms with van der Waals surface area (Å²) in [6.07, 6.45) is 0. The Morgan fingerprint density at radius 3 is 2.74 bits per heavy atom. The first-order valence-electron chi connectivity index (χ1n) is 8.55. The number of thioether (sulfide) groups is 1. The number of rotatable bonds is 4. The van der Waals surface area contributed by atoms with Gasteiger partial charge in [-0.2, -0.15) is 0 Å². The van der Waals surface area contributed by atoms with E-state index in [0.717, 1.165) is 21.5 Å². The van der Waals surface area contributed by atoms with Crippen LogP contribution in [0.3, 0.4) is 0 Å². The molecule has 27 heavy (non-hydrogen) atoms. The van der Waals surface area contributed by atoms with Crippen molar-refractivity contribution >= 4 is 45.3 Å². The van der Waals surface area contributed by atoms with E-state index in [4.69, 9.17) is 0 Å². The number of anilines is 1. The predicted molar refractivity (Wildman–Crippen MR) is 109 cm³/mol. The lowest BCUT2D eigenvalue weighted by atomic mass is 10.1. The third-order valence-corrected chi connectivity index (χ3v) is 5.37. The molecule has 0 aliphatic heterocycles. The summed E-state index contributed by atoms with van der Waals surface area (Å²) in [6.45, 7) is 3.90. The number of imidazole rings is 1. The minimum absolute atomic E-state index is 0.121. The van der Waals surface area contributed by atoms with E-state index in [1.165, 1.54) is 11.8 Å². The standard InChI is InChI=1S/C20H18N4O2S/c1-11-9-18(22-15-6-4-3-5-14(11)15)27-12(2)19(25)21-13-7-8-16-17(10-13)24-20(26)23-16/h3-10,12H,1-2H3,(H,21,25)(H2,23,24,26). The Hall–Kier alpha value is -3.06. The number of nitrogens with one attached hydrogen (secondary N) is 3. The number of hydrogen-bond donors (Lipinski definition) is 3. The van der Waals surface area contributed by atoms with E-state index in [1.807, 2.05) is 44.2 Å². The Kier molecular flexibility index (Phi) is 4.45. The van der Waals surface area contributed by atoms with E-state index >= 15 is 0 Å². The highest BCUT2D eigenvalue weighted by molar-refractivity contribution is 8.00. The van der Waals surface area contributed by atoms with Crippen LogP contribution in [0.15, 0.2) is 58.4 Å². The van der Waals surface area contributed by atoms with Crippen LogP contribution in [0.25, 0.3) is 21.9 Å². The van der Waals surface area contributed by atoms with E-state index in [2.05, 4.69) is 20.3 Å². The molecule has 136 valence electrons. The van der Waals surface area contributed by atoms with Crippen LogP contribution in [-0.2, 0) is 4.79 Å². The first-order valence-corrected chi connectivity index (χ1v) is 9.43. The van der Waals surface area contributed by atoms with Crippen LogP contribution in [0.5, 0.6) is 0 Å². The molecule has 2 aromatic carbocycles. The predicted octanol–water partition coefficient (Wildman–Crippen LogP) is 3.83. The first-order chi connectivity index (χ1) is 13.0. The van der Waals surface area contributed by atoms with E-state index < -0.39 is 0 Å². The summed E-state index contributed by atoms with van der Waals surface area (Å²) in [5, 5.41) is 4.51. The summed E-state index contributed by atoms with van der Waals surface area (Å²) < 4.78 is 0. The summed E-state index contributed by atoms with van der Waals surface area (Å²) in [6, 6.07) is 15.2. The third-order valence-electron chi connectivity index (χ3n) is 4.35. The lowest BCUT2D eigenvalue weighted by Crippen LogP contribution is -2.22. The van der Waals surface area contributed by atoms with Crippen molar-refractivity contribution in [1.82, 2.24) is 15.0 Å². The zero-order chi connectivity index (χ0) is 19.0. The zero-order valence-electron chi connectivity index (χ0n) is 14.9. The molecule has 7 heteroatoms. The van der Waals surface area contributed by atoms with Gasteiger partial charge in [-0.15, -0.1) is 0 Å². The van der Waals surface area contributed by atoms with Crippen molar-refractivity contribution in [2.45, 2.75) is 24.1 Å². The number of fused-ring (bicyclic) bond motifs is 2. The second-order valence-corrected chi connectivity index (χ2v) is 7.74. The number of aromatic amines is 2. The van der Waals surface area contributed by atoms with Crippen LogP contribution < -0.4 is 11.0 Å². The van der Waals surface area contributed by atoms with Gasteiger partial charge in [0.15, 0.2) is 0 Å². The zero-order valence-corrected chi connectivity index (χ0v) is 15.7. The lowest BCUT2D eigenvalue weighted by Gasteiger charge is -2.13. The van der Waals surface area contributed by atoms with Crippen molar-refractivity contribution in [1.29, 1.82) is 0 Å². The Morgan fingerprint density at radius 2 is 1.89 bits per heavy atom. The minimum atomic E-state index is -0.320. The number of amides is 1. The Balaban J connectivity index is 1.50. The molecule has 2 heterocycles. The highest BCUT2D eigenvalue weighted by Gasteiger charge is 2.16. The normalized spacial score (nSPS) is 12.4. The molecule has 4 rings (SSSR count). The average molecular weight is 378 g/mol. The lowest BCUT2D eigenvalue weighted by molar-refractivity contribution is -0.115. The van der Waals surface area contributed by atoms with Gasteiger partial charge >= 0.3 is 5.69 Å². The summed E-state index contributed by atoms with van der Waals surface area (Å²) in [5.74, 6) is -0.121. The number of para-hydroxylation sites is 1. The Bertz CT molecular complexity index is 1210. The number of benzene rings is 2. The van der Waals surface area contributed by atoms with Crippen LogP contribution in [-0.4, -0.2) is 26.1 Å². The number of hydrogen-bond acceptors (Lipinski definition) is 4. The topological polar surface area (TPSA) is 90.6 Å². The molecule has 6 nitrogen and oxygen atoms in total. The maximum atomic E-state index is 12.6. The minimum Gasteiger partial charge on any atom is -0.325 e. The van der Waals surface area contributed by atoms with E-state index in [9.17, 15) is 9.59 Å². The van der Waals surface area contributed by atoms with E-state index in [0.29, 0.717) is 16.7 Å². The average Bonchev–Trinajstić information content (AvgIpc) is 3.01. The number of pyridine rings is 1. The molecule has 0 fully saturated rings. The molecule has 0 aliphatic rings. The van der Waals surface area contributed by atoms with Crippen molar-refractivity contribution in [3.05, 3.63) is 64.6 Å². The number of aryl methyl sites for hydroxylation is 1. The SMILES string of the molecule is Cc1cc(SC(C)C(=O)Nc2ccc3[nH]c(=O)[nH]c3c2)nc2ccccc12. The Labute approximate surface area is 159 Å². The van der Waals surface area contributed by atoms with Crippen LogP contribution in [0.1, 0.15) is 12.5 Å². The molecule has 1 atom stereocenters. The van der Waals surface area contributed by atoms with E-state index in [-0.39, 0.29) is 16.8 Å². The molecule has 0 bridgehead atoms. The second kappa shape index (κ2) is 6.92. The van der Waals surface area contributed by atoms with Gasteiger partial charge in [-0.3, -0.25) is 4.79 Å². The second-order valence-electron chi connectivity index (χ2n) is 6.38. The van der Waals surface area contributed by atoms with Gasteiger partial charge < -0.3 is 15.3 Å². The monoisotopic (exact) mass is 378 g/mol. The van der Waals surface area contributed by atoms with Gasteiger partial charge in [-0.25, -0.2) is 9.78 Å². The largest absolute Gasteiger partial charge is 0.325 e. The first kappa shape index (κ1) is 17.4. The smallest absolute Gasteiger partial charge is 0.323 e. The molecule has 0 radical (unpaired) electrons. The fourth-order valence-electron chi connectivity index (χ4n) is 2.97. The number of aromatic nitrogens is 3.